The van der Waals surface area contributed by atoms with Crippen molar-refractivity contribution in [1.29, 1.82) is 0 Å². The van der Waals surface area contributed by atoms with Crippen LogP contribution in [0, 0.1) is 0 Å². The lowest BCUT2D eigenvalue weighted by molar-refractivity contribution is 0.0962. The summed E-state index contributed by atoms with van der Waals surface area (Å²) in [5.41, 5.74) is 0.456. The van der Waals surface area contributed by atoms with Gasteiger partial charge in [-0.25, -0.2) is 0 Å². The summed E-state index contributed by atoms with van der Waals surface area (Å²) in [6.07, 6.45) is 2.51. The molecule has 1 amide bonds. The maximum atomic E-state index is 11.4. The van der Waals surface area contributed by atoms with Gasteiger partial charge >= 0.3 is 0 Å². The monoisotopic (exact) mass is 225 g/mol. The zero-order valence-corrected chi connectivity index (χ0v) is 9.17. The zero-order chi connectivity index (χ0) is 10.8. The number of halogens is 1. The first kappa shape index (κ1) is 10.3. The van der Waals surface area contributed by atoms with Crippen molar-refractivity contribution in [3.8, 4) is 5.75 Å². The van der Waals surface area contributed by atoms with Crippen LogP contribution in [0.15, 0.2) is 18.2 Å². The minimum absolute atomic E-state index is 0.193. The van der Waals surface area contributed by atoms with Gasteiger partial charge in [0.05, 0.1) is 16.7 Å². The predicted molar refractivity (Wildman–Crippen MR) is 58.5 cm³/mol. The van der Waals surface area contributed by atoms with Crippen LogP contribution in [0.3, 0.4) is 0 Å². The molecule has 1 fully saturated rings. The SMILES string of the molecule is CNC(=O)c1cc(OC2CC2)ccc1Cl. The van der Waals surface area contributed by atoms with E-state index in [4.69, 9.17) is 16.3 Å². The summed E-state index contributed by atoms with van der Waals surface area (Å²) in [5, 5.41) is 2.98. The number of hydrogen-bond donors (Lipinski definition) is 1. The molecule has 80 valence electrons. The topological polar surface area (TPSA) is 38.3 Å². The summed E-state index contributed by atoms with van der Waals surface area (Å²) in [5.74, 6) is 0.516. The van der Waals surface area contributed by atoms with Crippen LogP contribution in [0.25, 0.3) is 0 Å². The van der Waals surface area contributed by atoms with Gasteiger partial charge in [-0.3, -0.25) is 4.79 Å². The Morgan fingerprint density at radius 1 is 1.53 bits per heavy atom. The summed E-state index contributed by atoms with van der Waals surface area (Å²) < 4.78 is 5.58. The molecule has 0 heterocycles. The van der Waals surface area contributed by atoms with Crippen LogP contribution in [0.1, 0.15) is 23.2 Å². The summed E-state index contributed by atoms with van der Waals surface area (Å²) in [4.78, 5) is 11.4. The van der Waals surface area contributed by atoms with E-state index in [0.717, 1.165) is 12.8 Å². The molecule has 1 aliphatic carbocycles. The van der Waals surface area contributed by atoms with Crippen LogP contribution >= 0.6 is 11.6 Å². The highest BCUT2D eigenvalue weighted by molar-refractivity contribution is 6.33. The number of nitrogens with one attached hydrogen (secondary N) is 1. The van der Waals surface area contributed by atoms with E-state index in [9.17, 15) is 4.79 Å². The third kappa shape index (κ3) is 2.42. The van der Waals surface area contributed by atoms with E-state index < -0.39 is 0 Å². The molecule has 0 saturated heterocycles. The second-order valence-electron chi connectivity index (χ2n) is 3.54. The van der Waals surface area contributed by atoms with Gasteiger partial charge in [-0.15, -0.1) is 0 Å². The van der Waals surface area contributed by atoms with Crippen LogP contribution in [0.4, 0.5) is 0 Å². The van der Waals surface area contributed by atoms with Crippen molar-refractivity contribution in [2.75, 3.05) is 7.05 Å². The molecular formula is C11H12ClNO2. The Morgan fingerprint density at radius 3 is 2.87 bits per heavy atom. The van der Waals surface area contributed by atoms with Gasteiger partial charge in [-0.1, -0.05) is 11.6 Å². The van der Waals surface area contributed by atoms with Crippen molar-refractivity contribution < 1.29 is 9.53 Å². The Balaban J connectivity index is 2.22. The molecule has 3 nitrogen and oxygen atoms in total. The van der Waals surface area contributed by atoms with E-state index >= 15 is 0 Å². The van der Waals surface area contributed by atoms with Gasteiger partial charge in [0.25, 0.3) is 5.91 Å². The molecule has 0 spiro atoms. The zero-order valence-electron chi connectivity index (χ0n) is 8.42. The molecule has 1 N–H and O–H groups in total. The van der Waals surface area contributed by atoms with Crippen molar-refractivity contribution in [1.82, 2.24) is 5.32 Å². The largest absolute Gasteiger partial charge is 0.490 e. The van der Waals surface area contributed by atoms with Crippen molar-refractivity contribution >= 4 is 17.5 Å². The fourth-order valence-corrected chi connectivity index (χ4v) is 1.47. The van der Waals surface area contributed by atoms with Crippen LogP contribution in [0.2, 0.25) is 5.02 Å². The van der Waals surface area contributed by atoms with Gasteiger partial charge in [0.1, 0.15) is 5.75 Å². The van der Waals surface area contributed by atoms with Crippen molar-refractivity contribution in [3.63, 3.8) is 0 Å². The third-order valence-electron chi connectivity index (χ3n) is 2.24. The second kappa shape index (κ2) is 4.11. The Kier molecular flexibility index (Phi) is 2.82. The summed E-state index contributed by atoms with van der Waals surface area (Å²) in [7, 11) is 1.58. The minimum Gasteiger partial charge on any atom is -0.490 e. The molecule has 1 aromatic rings. The summed E-state index contributed by atoms with van der Waals surface area (Å²) in [6, 6.07) is 5.15. The van der Waals surface area contributed by atoms with E-state index in [-0.39, 0.29) is 5.91 Å². The first-order valence-electron chi connectivity index (χ1n) is 4.89. The van der Waals surface area contributed by atoms with E-state index in [2.05, 4.69) is 5.32 Å². The van der Waals surface area contributed by atoms with E-state index in [1.165, 1.54) is 0 Å². The molecule has 1 aromatic carbocycles. The average Bonchev–Trinajstić information content (AvgIpc) is 3.04. The molecule has 0 aliphatic heterocycles. The molecule has 1 saturated carbocycles. The molecule has 0 radical (unpaired) electrons. The Labute approximate surface area is 93.4 Å². The maximum absolute atomic E-state index is 11.4. The van der Waals surface area contributed by atoms with Crippen molar-refractivity contribution in [2.45, 2.75) is 18.9 Å². The molecule has 2 rings (SSSR count). The van der Waals surface area contributed by atoms with E-state index in [1.54, 1.807) is 25.2 Å². The summed E-state index contributed by atoms with van der Waals surface area (Å²) >= 11 is 5.91. The number of benzene rings is 1. The quantitative estimate of drug-likeness (QED) is 0.857. The van der Waals surface area contributed by atoms with Crippen molar-refractivity contribution in [3.05, 3.63) is 28.8 Å². The van der Waals surface area contributed by atoms with Crippen LogP contribution in [0.5, 0.6) is 5.75 Å². The third-order valence-corrected chi connectivity index (χ3v) is 2.57. The number of amides is 1. The number of hydrogen-bond acceptors (Lipinski definition) is 2. The number of ether oxygens (including phenoxy) is 1. The lowest BCUT2D eigenvalue weighted by atomic mass is 10.2. The Bertz CT molecular complexity index is 388. The first-order chi connectivity index (χ1) is 7.20. The number of rotatable bonds is 3. The fraction of sp³-hybridized carbons (Fsp3) is 0.364. The Hall–Kier alpha value is -1.22. The molecule has 15 heavy (non-hydrogen) atoms. The van der Waals surface area contributed by atoms with E-state index in [0.29, 0.717) is 22.4 Å². The minimum atomic E-state index is -0.193. The second-order valence-corrected chi connectivity index (χ2v) is 3.95. The van der Waals surface area contributed by atoms with Crippen molar-refractivity contribution in [2.24, 2.45) is 0 Å². The van der Waals surface area contributed by atoms with Crippen LogP contribution < -0.4 is 10.1 Å². The molecule has 0 aromatic heterocycles. The molecule has 0 atom stereocenters. The van der Waals surface area contributed by atoms with Crippen LogP contribution in [-0.2, 0) is 0 Å². The first-order valence-corrected chi connectivity index (χ1v) is 5.27. The molecule has 0 unspecified atom stereocenters. The number of carbonyl (C=O) groups is 1. The van der Waals surface area contributed by atoms with Gasteiger partial charge in [0.15, 0.2) is 0 Å². The molecule has 1 aliphatic rings. The summed E-state index contributed by atoms with van der Waals surface area (Å²) in [6.45, 7) is 0. The molecule has 4 heteroatoms. The standard InChI is InChI=1S/C11H12ClNO2/c1-13-11(14)9-6-8(4-5-10(9)12)15-7-2-3-7/h4-7H,2-3H2,1H3,(H,13,14). The van der Waals surface area contributed by atoms with E-state index in [1.807, 2.05) is 0 Å². The molecule has 0 bridgehead atoms. The fourth-order valence-electron chi connectivity index (χ4n) is 1.26. The number of carbonyl (C=O) groups excluding carboxylic acids is 1. The average molecular weight is 226 g/mol. The highest BCUT2D eigenvalue weighted by Gasteiger charge is 2.24. The smallest absolute Gasteiger partial charge is 0.252 e. The Morgan fingerprint density at radius 2 is 2.27 bits per heavy atom. The molecular weight excluding hydrogens is 214 g/mol. The van der Waals surface area contributed by atoms with Crippen LogP contribution in [-0.4, -0.2) is 19.1 Å². The lowest BCUT2D eigenvalue weighted by Gasteiger charge is -2.07. The maximum Gasteiger partial charge on any atom is 0.252 e. The highest BCUT2D eigenvalue weighted by Crippen LogP contribution is 2.29. The normalized spacial score (nSPS) is 14.8. The van der Waals surface area contributed by atoms with Gasteiger partial charge < -0.3 is 10.1 Å². The predicted octanol–water partition coefficient (Wildman–Crippen LogP) is 2.24. The highest BCUT2D eigenvalue weighted by atomic mass is 35.5. The van der Waals surface area contributed by atoms with Gasteiger partial charge in [-0.2, -0.15) is 0 Å². The lowest BCUT2D eigenvalue weighted by Crippen LogP contribution is -2.18. The van der Waals surface area contributed by atoms with Gasteiger partial charge in [0.2, 0.25) is 0 Å². The van der Waals surface area contributed by atoms with Gasteiger partial charge in [-0.05, 0) is 31.0 Å². The van der Waals surface area contributed by atoms with Gasteiger partial charge in [0, 0.05) is 7.05 Å².